The lowest BCUT2D eigenvalue weighted by molar-refractivity contribution is 0.600. The van der Waals surface area contributed by atoms with Crippen molar-refractivity contribution in [2.45, 2.75) is 32.6 Å². The van der Waals surface area contributed by atoms with E-state index in [0.717, 1.165) is 10.4 Å². The van der Waals surface area contributed by atoms with E-state index in [2.05, 4.69) is 9.71 Å². The zero-order valence-corrected chi connectivity index (χ0v) is 13.4. The minimum Gasteiger partial charge on any atom is -0.398 e. The summed E-state index contributed by atoms with van der Waals surface area (Å²) in [6.45, 7) is 7.21. The van der Waals surface area contributed by atoms with Crippen molar-refractivity contribution >= 4 is 32.2 Å². The number of aromatic nitrogens is 1. The number of nitrogens with zero attached hydrogens (tertiary/aromatic N) is 1. The maximum atomic E-state index is 12.6. The summed E-state index contributed by atoms with van der Waals surface area (Å²) in [6, 6.07) is 1.79. The zero-order valence-electron chi connectivity index (χ0n) is 11.8. The number of nitrogens with two attached hydrogens (primary N) is 1. The molecule has 2 aromatic rings. The van der Waals surface area contributed by atoms with Gasteiger partial charge in [-0.05, 0) is 50.5 Å². The van der Waals surface area contributed by atoms with Crippen molar-refractivity contribution in [2.24, 2.45) is 0 Å². The van der Waals surface area contributed by atoms with Crippen LogP contribution in [-0.4, -0.2) is 13.4 Å². The Kier molecular flexibility index (Phi) is 3.75. The summed E-state index contributed by atoms with van der Waals surface area (Å²) in [5, 5.41) is 0.362. The largest absolute Gasteiger partial charge is 0.398 e. The van der Waals surface area contributed by atoms with Gasteiger partial charge in [-0.3, -0.25) is 4.72 Å². The number of aryl methyl sites for hydroxylation is 2. The molecule has 1 aromatic carbocycles. The molecule has 5 nitrogen and oxygen atoms in total. The van der Waals surface area contributed by atoms with E-state index in [-0.39, 0.29) is 4.90 Å². The Labute approximate surface area is 122 Å². The van der Waals surface area contributed by atoms with Crippen molar-refractivity contribution in [3.8, 4) is 0 Å². The third-order valence-electron chi connectivity index (χ3n) is 3.19. The van der Waals surface area contributed by atoms with E-state index in [9.17, 15) is 8.42 Å². The monoisotopic (exact) mass is 311 g/mol. The SMILES string of the molecule is Cc1cnc(NS(=O)(=O)c2c(C)c(C)cc(N)c2C)s1. The number of benzene rings is 1. The fourth-order valence-corrected chi connectivity index (χ4v) is 4.49. The Morgan fingerprint density at radius 2 is 1.85 bits per heavy atom. The standard InChI is InChI=1S/C13H17N3O2S2/c1-7-5-11(14)10(4)12(9(7)3)20(17,18)16-13-15-6-8(2)19-13/h5-6H,14H2,1-4H3,(H,15,16). The van der Waals surface area contributed by atoms with Gasteiger partial charge in [0, 0.05) is 16.8 Å². The first kappa shape index (κ1) is 14.8. The van der Waals surface area contributed by atoms with Crippen LogP contribution in [0.15, 0.2) is 17.2 Å². The summed E-state index contributed by atoms with van der Waals surface area (Å²) in [5.74, 6) is 0. The Bertz CT molecular complexity index is 738. The highest BCUT2D eigenvalue weighted by Gasteiger charge is 2.23. The Morgan fingerprint density at radius 1 is 1.20 bits per heavy atom. The van der Waals surface area contributed by atoms with Crippen LogP contribution in [0.1, 0.15) is 21.6 Å². The van der Waals surface area contributed by atoms with Gasteiger partial charge in [0.05, 0.1) is 4.90 Å². The van der Waals surface area contributed by atoms with Crippen molar-refractivity contribution < 1.29 is 8.42 Å². The molecule has 0 spiro atoms. The van der Waals surface area contributed by atoms with Gasteiger partial charge < -0.3 is 5.73 Å². The number of nitrogen functional groups attached to an aromatic ring is 1. The molecule has 20 heavy (non-hydrogen) atoms. The molecule has 0 radical (unpaired) electrons. The van der Waals surface area contributed by atoms with Crippen LogP contribution in [0.3, 0.4) is 0 Å². The normalized spacial score (nSPS) is 11.6. The van der Waals surface area contributed by atoms with Crippen molar-refractivity contribution in [3.63, 3.8) is 0 Å². The molecule has 108 valence electrons. The summed E-state index contributed by atoms with van der Waals surface area (Å²) < 4.78 is 27.6. The van der Waals surface area contributed by atoms with Gasteiger partial charge in [0.15, 0.2) is 5.13 Å². The molecule has 7 heteroatoms. The molecule has 0 aliphatic rings. The van der Waals surface area contributed by atoms with E-state index in [1.54, 1.807) is 26.1 Å². The number of hydrogen-bond acceptors (Lipinski definition) is 5. The lowest BCUT2D eigenvalue weighted by Gasteiger charge is -2.15. The Morgan fingerprint density at radius 3 is 2.40 bits per heavy atom. The van der Waals surface area contributed by atoms with Crippen molar-refractivity contribution in [1.82, 2.24) is 4.98 Å². The van der Waals surface area contributed by atoms with Crippen molar-refractivity contribution in [3.05, 3.63) is 33.8 Å². The predicted molar refractivity (Wildman–Crippen MR) is 82.7 cm³/mol. The molecule has 0 saturated heterocycles. The molecular weight excluding hydrogens is 294 g/mol. The quantitative estimate of drug-likeness (QED) is 0.854. The molecule has 0 aliphatic heterocycles. The van der Waals surface area contributed by atoms with Crippen LogP contribution >= 0.6 is 11.3 Å². The van der Waals surface area contributed by atoms with Crippen molar-refractivity contribution in [2.75, 3.05) is 10.5 Å². The van der Waals surface area contributed by atoms with E-state index >= 15 is 0 Å². The lowest BCUT2D eigenvalue weighted by Crippen LogP contribution is -2.17. The molecule has 0 bridgehead atoms. The van der Waals surface area contributed by atoms with Crippen LogP contribution < -0.4 is 10.5 Å². The van der Waals surface area contributed by atoms with Gasteiger partial charge >= 0.3 is 0 Å². The third-order valence-corrected chi connectivity index (χ3v) is 5.76. The summed E-state index contributed by atoms with van der Waals surface area (Å²) in [5.41, 5.74) is 8.48. The first-order chi connectivity index (χ1) is 9.22. The van der Waals surface area contributed by atoms with Gasteiger partial charge in [-0.15, -0.1) is 11.3 Å². The van der Waals surface area contributed by atoms with Crippen LogP contribution in [-0.2, 0) is 10.0 Å². The van der Waals surface area contributed by atoms with E-state index in [1.807, 2.05) is 13.8 Å². The first-order valence-electron chi connectivity index (χ1n) is 6.04. The fraction of sp³-hybridized carbons (Fsp3) is 0.308. The third kappa shape index (κ3) is 2.64. The van der Waals surface area contributed by atoms with Crippen LogP contribution in [0.2, 0.25) is 0 Å². The molecule has 1 aromatic heterocycles. The predicted octanol–water partition coefficient (Wildman–Crippen LogP) is 2.76. The summed E-state index contributed by atoms with van der Waals surface area (Å²) in [6.07, 6.45) is 1.63. The summed E-state index contributed by atoms with van der Waals surface area (Å²) in [7, 11) is -3.69. The Hall–Kier alpha value is -1.60. The average molecular weight is 311 g/mol. The molecule has 0 aliphatic carbocycles. The van der Waals surface area contributed by atoms with E-state index in [1.165, 1.54) is 11.3 Å². The molecule has 3 N–H and O–H groups in total. The molecule has 1 heterocycles. The first-order valence-corrected chi connectivity index (χ1v) is 8.34. The highest BCUT2D eigenvalue weighted by Crippen LogP contribution is 2.30. The molecule has 0 saturated carbocycles. The molecule has 0 atom stereocenters. The van der Waals surface area contributed by atoms with E-state index in [0.29, 0.717) is 21.9 Å². The maximum absolute atomic E-state index is 12.6. The van der Waals surface area contributed by atoms with Gasteiger partial charge in [-0.1, -0.05) is 0 Å². The van der Waals surface area contributed by atoms with Crippen molar-refractivity contribution in [1.29, 1.82) is 0 Å². The molecular formula is C13H17N3O2S2. The van der Waals surface area contributed by atoms with Gasteiger partial charge in [0.25, 0.3) is 10.0 Å². The number of anilines is 2. The lowest BCUT2D eigenvalue weighted by atomic mass is 10.1. The molecule has 0 amide bonds. The van der Waals surface area contributed by atoms with E-state index in [4.69, 9.17) is 5.73 Å². The second kappa shape index (κ2) is 5.06. The second-order valence-corrected chi connectivity index (χ2v) is 7.60. The number of hydrogen-bond donors (Lipinski definition) is 2. The molecule has 0 unspecified atom stereocenters. The van der Waals surface area contributed by atoms with Crippen LogP contribution in [0.25, 0.3) is 0 Å². The summed E-state index contributed by atoms with van der Waals surface area (Å²) >= 11 is 1.30. The molecule has 0 fully saturated rings. The smallest absolute Gasteiger partial charge is 0.264 e. The molecule has 2 rings (SSSR count). The van der Waals surface area contributed by atoms with Gasteiger partial charge in [0.2, 0.25) is 0 Å². The number of nitrogens with one attached hydrogen (secondary N) is 1. The number of thiazole rings is 1. The van der Waals surface area contributed by atoms with Crippen LogP contribution in [0, 0.1) is 27.7 Å². The zero-order chi connectivity index (χ0) is 15.1. The van der Waals surface area contributed by atoms with E-state index < -0.39 is 10.0 Å². The highest BCUT2D eigenvalue weighted by molar-refractivity contribution is 7.93. The number of rotatable bonds is 3. The minimum absolute atomic E-state index is 0.239. The van der Waals surface area contributed by atoms with Gasteiger partial charge in [0.1, 0.15) is 0 Å². The van der Waals surface area contributed by atoms with Crippen LogP contribution in [0.4, 0.5) is 10.8 Å². The minimum atomic E-state index is -3.69. The van der Waals surface area contributed by atoms with Crippen LogP contribution in [0.5, 0.6) is 0 Å². The maximum Gasteiger partial charge on any atom is 0.264 e. The Balaban J connectivity index is 2.55. The van der Waals surface area contributed by atoms with Gasteiger partial charge in [-0.25, -0.2) is 13.4 Å². The summed E-state index contributed by atoms with van der Waals surface area (Å²) in [4.78, 5) is 5.21. The second-order valence-electron chi connectivity index (χ2n) is 4.74. The van der Waals surface area contributed by atoms with Gasteiger partial charge in [-0.2, -0.15) is 0 Å². The fourth-order valence-electron chi connectivity index (χ4n) is 2.01. The topological polar surface area (TPSA) is 85.1 Å². The highest BCUT2D eigenvalue weighted by atomic mass is 32.2. The average Bonchev–Trinajstić information content (AvgIpc) is 2.71. The number of sulfonamides is 1.